The number of para-hydroxylation sites is 1. The Morgan fingerprint density at radius 3 is 2.31 bits per heavy atom. The summed E-state index contributed by atoms with van der Waals surface area (Å²) < 4.78 is 45.7. The van der Waals surface area contributed by atoms with Crippen LogP contribution in [0.2, 0.25) is 0 Å². The van der Waals surface area contributed by atoms with Crippen molar-refractivity contribution in [3.05, 3.63) is 60.4 Å². The highest BCUT2D eigenvalue weighted by Crippen LogP contribution is 2.38. The van der Waals surface area contributed by atoms with Crippen molar-refractivity contribution in [2.45, 2.75) is 18.4 Å². The highest BCUT2D eigenvalue weighted by atomic mass is 32.2. The van der Waals surface area contributed by atoms with E-state index in [9.17, 15) is 8.42 Å². The topological polar surface area (TPSA) is 91.7 Å². The average Bonchev–Trinajstić information content (AvgIpc) is 3.25. The lowest BCUT2D eigenvalue weighted by molar-refractivity contribution is 0.288. The first-order chi connectivity index (χ1) is 14.0. The maximum atomic E-state index is 12.7. The number of hydrogen-bond donors (Lipinski definition) is 1. The maximum Gasteiger partial charge on any atom is 0.244 e. The number of nitrogens with zero attached hydrogens (tertiary/aromatic N) is 2. The molecule has 0 fully saturated rings. The van der Waals surface area contributed by atoms with E-state index in [4.69, 9.17) is 14.2 Å². The minimum atomic E-state index is -3.75. The van der Waals surface area contributed by atoms with E-state index < -0.39 is 10.0 Å². The van der Waals surface area contributed by atoms with Crippen molar-refractivity contribution in [2.24, 2.45) is 0 Å². The van der Waals surface area contributed by atoms with Crippen LogP contribution in [0.3, 0.4) is 0 Å². The van der Waals surface area contributed by atoms with Gasteiger partial charge in [0.2, 0.25) is 15.8 Å². The molecule has 0 amide bonds. The second kappa shape index (κ2) is 8.97. The lowest BCUT2D eigenvalue weighted by atomic mass is 10.2. The Morgan fingerprint density at radius 1 is 1.07 bits per heavy atom. The molecule has 29 heavy (non-hydrogen) atoms. The first-order valence-corrected chi connectivity index (χ1v) is 10.4. The molecule has 0 radical (unpaired) electrons. The fraction of sp³-hybridized carbons (Fsp3) is 0.250. The molecular formula is C20H23N3O5S. The Balaban J connectivity index is 1.79. The van der Waals surface area contributed by atoms with Crippen LogP contribution >= 0.6 is 0 Å². The summed E-state index contributed by atoms with van der Waals surface area (Å²) in [7, 11) is -0.717. The third-order valence-electron chi connectivity index (χ3n) is 4.17. The number of ether oxygens (including phenoxy) is 3. The molecule has 0 spiro atoms. The molecule has 2 aromatic carbocycles. The first kappa shape index (κ1) is 20.7. The predicted molar refractivity (Wildman–Crippen MR) is 108 cm³/mol. The average molecular weight is 417 g/mol. The molecule has 9 heteroatoms. The van der Waals surface area contributed by atoms with Gasteiger partial charge in [-0.15, -0.1) is 0 Å². The molecule has 1 heterocycles. The molecule has 154 valence electrons. The summed E-state index contributed by atoms with van der Waals surface area (Å²) in [6.45, 7) is 2.36. The van der Waals surface area contributed by atoms with Crippen LogP contribution in [-0.2, 0) is 16.6 Å². The van der Waals surface area contributed by atoms with Crippen molar-refractivity contribution in [2.75, 3.05) is 20.8 Å². The van der Waals surface area contributed by atoms with E-state index in [1.165, 1.54) is 31.3 Å². The zero-order valence-corrected chi connectivity index (χ0v) is 17.3. The lowest BCUT2D eigenvalue weighted by Crippen LogP contribution is -2.23. The number of aromatic nitrogens is 2. The van der Waals surface area contributed by atoms with Crippen molar-refractivity contribution < 1.29 is 22.6 Å². The van der Waals surface area contributed by atoms with Gasteiger partial charge in [-0.1, -0.05) is 18.2 Å². The number of hydrogen-bond acceptors (Lipinski definition) is 6. The molecule has 0 aliphatic carbocycles. The van der Waals surface area contributed by atoms with Gasteiger partial charge in [-0.3, -0.25) is 0 Å². The molecule has 3 rings (SSSR count). The zero-order valence-electron chi connectivity index (χ0n) is 16.5. The van der Waals surface area contributed by atoms with Gasteiger partial charge in [-0.25, -0.2) is 17.8 Å². The minimum absolute atomic E-state index is 0.0535. The summed E-state index contributed by atoms with van der Waals surface area (Å²) in [5.74, 6) is 1.42. The van der Waals surface area contributed by atoms with Crippen molar-refractivity contribution in [3.8, 4) is 22.9 Å². The van der Waals surface area contributed by atoms with Gasteiger partial charge in [0.15, 0.2) is 11.5 Å². The summed E-state index contributed by atoms with van der Waals surface area (Å²) in [4.78, 5) is 0.0752. The van der Waals surface area contributed by atoms with Crippen LogP contribution in [0.15, 0.2) is 59.8 Å². The second-order valence-electron chi connectivity index (χ2n) is 6.04. The normalized spacial score (nSPS) is 11.3. The minimum Gasteiger partial charge on any atom is -0.493 e. The van der Waals surface area contributed by atoms with Gasteiger partial charge in [0.25, 0.3) is 0 Å². The Labute approximate surface area is 170 Å². The Kier molecular flexibility index (Phi) is 6.40. The molecule has 0 unspecified atom stereocenters. The predicted octanol–water partition coefficient (Wildman–Crippen LogP) is 2.77. The highest BCUT2D eigenvalue weighted by molar-refractivity contribution is 7.89. The van der Waals surface area contributed by atoms with Gasteiger partial charge in [0, 0.05) is 6.54 Å². The fourth-order valence-electron chi connectivity index (χ4n) is 2.75. The highest BCUT2D eigenvalue weighted by Gasteiger charge is 2.19. The van der Waals surface area contributed by atoms with E-state index >= 15 is 0 Å². The Bertz CT molecular complexity index is 1040. The summed E-state index contributed by atoms with van der Waals surface area (Å²) in [6.07, 6.45) is 2.78. The molecule has 0 aliphatic rings. The van der Waals surface area contributed by atoms with Gasteiger partial charge < -0.3 is 14.2 Å². The number of sulfonamides is 1. The first-order valence-electron chi connectivity index (χ1n) is 8.96. The number of rotatable bonds is 9. The van der Waals surface area contributed by atoms with Gasteiger partial charge in [-0.05, 0) is 36.8 Å². The van der Waals surface area contributed by atoms with Crippen LogP contribution in [0, 0.1) is 0 Å². The van der Waals surface area contributed by atoms with Crippen LogP contribution in [-0.4, -0.2) is 39.0 Å². The van der Waals surface area contributed by atoms with Gasteiger partial charge in [0.05, 0.1) is 38.9 Å². The van der Waals surface area contributed by atoms with Gasteiger partial charge >= 0.3 is 0 Å². The summed E-state index contributed by atoms with van der Waals surface area (Å²) in [5.41, 5.74) is 1.44. The second-order valence-corrected chi connectivity index (χ2v) is 7.81. The lowest BCUT2D eigenvalue weighted by Gasteiger charge is -2.15. The molecule has 0 saturated heterocycles. The van der Waals surface area contributed by atoms with Crippen molar-refractivity contribution in [1.29, 1.82) is 0 Å². The standard InChI is InChI=1S/C20H23N3O5S/c1-4-28-20-18(26-2)10-15(11-19(20)27-3)12-22-29(24,25)17-13-21-23(14-17)16-8-6-5-7-9-16/h5-11,13-14,22H,4,12H2,1-3H3. The van der Waals surface area contributed by atoms with Crippen molar-refractivity contribution in [1.82, 2.24) is 14.5 Å². The van der Waals surface area contributed by atoms with E-state index in [1.807, 2.05) is 37.3 Å². The van der Waals surface area contributed by atoms with Crippen LogP contribution in [0.4, 0.5) is 0 Å². The van der Waals surface area contributed by atoms with Crippen LogP contribution in [0.5, 0.6) is 17.2 Å². The molecule has 0 saturated carbocycles. The Hall–Kier alpha value is -3.04. The monoisotopic (exact) mass is 417 g/mol. The van der Waals surface area contributed by atoms with Crippen LogP contribution in [0.25, 0.3) is 5.69 Å². The van der Waals surface area contributed by atoms with Crippen molar-refractivity contribution in [3.63, 3.8) is 0 Å². The molecule has 3 aromatic rings. The van der Waals surface area contributed by atoms with E-state index in [-0.39, 0.29) is 11.4 Å². The summed E-state index contributed by atoms with van der Waals surface area (Å²) in [6, 6.07) is 12.7. The number of nitrogens with one attached hydrogen (secondary N) is 1. The molecule has 8 nitrogen and oxygen atoms in total. The quantitative estimate of drug-likeness (QED) is 0.576. The third-order valence-corrected chi connectivity index (χ3v) is 5.52. The molecule has 1 N–H and O–H groups in total. The summed E-state index contributed by atoms with van der Waals surface area (Å²) in [5, 5.41) is 4.14. The van der Waals surface area contributed by atoms with E-state index in [2.05, 4.69) is 9.82 Å². The zero-order chi connectivity index (χ0) is 20.9. The van der Waals surface area contributed by atoms with Gasteiger partial charge in [-0.2, -0.15) is 5.10 Å². The van der Waals surface area contributed by atoms with E-state index in [1.54, 1.807) is 12.1 Å². The molecular weight excluding hydrogens is 394 g/mol. The third kappa shape index (κ3) is 4.69. The smallest absolute Gasteiger partial charge is 0.244 e. The van der Waals surface area contributed by atoms with Crippen LogP contribution in [0.1, 0.15) is 12.5 Å². The molecule has 0 aliphatic heterocycles. The SMILES string of the molecule is CCOc1c(OC)cc(CNS(=O)(=O)c2cnn(-c3ccccc3)c2)cc1OC. The fourth-order valence-corrected chi connectivity index (χ4v) is 3.70. The molecule has 0 bridgehead atoms. The summed E-state index contributed by atoms with van der Waals surface area (Å²) >= 11 is 0. The molecule has 0 atom stereocenters. The van der Waals surface area contributed by atoms with E-state index in [0.29, 0.717) is 29.4 Å². The number of benzene rings is 2. The van der Waals surface area contributed by atoms with E-state index in [0.717, 1.165) is 5.69 Å². The molecule has 1 aromatic heterocycles. The van der Waals surface area contributed by atoms with Crippen LogP contribution < -0.4 is 18.9 Å². The Morgan fingerprint density at radius 2 is 1.72 bits per heavy atom. The van der Waals surface area contributed by atoms with Crippen molar-refractivity contribution >= 4 is 10.0 Å². The largest absolute Gasteiger partial charge is 0.493 e. The van der Waals surface area contributed by atoms with Gasteiger partial charge in [0.1, 0.15) is 4.90 Å². The number of methoxy groups -OCH3 is 2. The maximum absolute atomic E-state index is 12.7.